The van der Waals surface area contributed by atoms with Crippen LogP contribution < -0.4 is 5.32 Å². The maximum atomic E-state index is 12.5. The van der Waals surface area contributed by atoms with E-state index in [0.29, 0.717) is 19.4 Å². The molecule has 2 unspecified atom stereocenters. The molecule has 6 heteroatoms. The van der Waals surface area contributed by atoms with E-state index in [2.05, 4.69) is 55.6 Å². The molecule has 0 spiro atoms. The summed E-state index contributed by atoms with van der Waals surface area (Å²) in [5, 5.41) is 23.1. The summed E-state index contributed by atoms with van der Waals surface area (Å²) in [4.78, 5) is 24.5. The smallest absolute Gasteiger partial charge is 0.305 e. The number of aliphatic hydroxyl groups is 2. The summed E-state index contributed by atoms with van der Waals surface area (Å²) in [6, 6.07) is -0.637. The molecular weight excluding hydrogens is 815 g/mol. The minimum Gasteiger partial charge on any atom is -0.466 e. The fourth-order valence-corrected chi connectivity index (χ4v) is 8.62. The summed E-state index contributed by atoms with van der Waals surface area (Å²) < 4.78 is 5.44. The van der Waals surface area contributed by atoms with Crippen LogP contribution in [0.15, 0.2) is 48.6 Å². The summed E-state index contributed by atoms with van der Waals surface area (Å²) >= 11 is 0. The molecule has 0 aliphatic carbocycles. The van der Waals surface area contributed by atoms with E-state index >= 15 is 0 Å². The molecule has 0 saturated carbocycles. The van der Waals surface area contributed by atoms with E-state index < -0.39 is 12.1 Å². The van der Waals surface area contributed by atoms with Crippen molar-refractivity contribution in [2.24, 2.45) is 0 Å². The first-order valence-electron chi connectivity index (χ1n) is 28.9. The molecule has 0 aliphatic rings. The standard InChI is InChI=1S/C60H111NO5/c1-3-5-7-9-11-13-15-17-18-22-25-29-32-36-40-44-48-52-58(63)57(56-62)61-59(64)53-49-45-41-37-33-30-26-23-20-19-21-24-27-31-35-39-43-47-51-55-66-60(65)54-50-46-42-38-34-28-16-14-12-10-8-6-4-2/h14,16,24,27,31,35,48,52,57-58,62-63H,3-13,15,17-23,25-26,28-30,32-34,36-47,49-51,53-56H2,1-2H3,(H,61,64)/b16-14-,27-24-,35-31-,52-48+. The average Bonchev–Trinajstić information content (AvgIpc) is 3.32. The lowest BCUT2D eigenvalue weighted by Gasteiger charge is -2.20. The number of amides is 1. The van der Waals surface area contributed by atoms with Gasteiger partial charge in [-0.15, -0.1) is 0 Å². The average molecular weight is 927 g/mol. The van der Waals surface area contributed by atoms with Gasteiger partial charge in [-0.1, -0.05) is 242 Å². The Hall–Kier alpha value is -2.18. The molecule has 0 saturated heterocycles. The molecule has 0 rings (SSSR count). The van der Waals surface area contributed by atoms with Crippen LogP contribution in [-0.2, 0) is 14.3 Å². The molecule has 386 valence electrons. The van der Waals surface area contributed by atoms with E-state index in [4.69, 9.17) is 4.74 Å². The first-order valence-corrected chi connectivity index (χ1v) is 28.9. The van der Waals surface area contributed by atoms with Gasteiger partial charge in [0, 0.05) is 12.8 Å². The molecule has 0 heterocycles. The zero-order chi connectivity index (χ0) is 47.9. The number of aliphatic hydroxyl groups excluding tert-OH is 2. The van der Waals surface area contributed by atoms with Gasteiger partial charge in [0.25, 0.3) is 0 Å². The predicted molar refractivity (Wildman–Crippen MR) is 287 cm³/mol. The normalized spacial score (nSPS) is 13.0. The first kappa shape index (κ1) is 63.8. The van der Waals surface area contributed by atoms with Crippen LogP contribution in [0.5, 0.6) is 0 Å². The Balaban J connectivity index is 3.52. The van der Waals surface area contributed by atoms with Gasteiger partial charge in [0.15, 0.2) is 0 Å². The summed E-state index contributed by atoms with van der Waals surface area (Å²) in [5.74, 6) is -0.101. The van der Waals surface area contributed by atoms with Gasteiger partial charge < -0.3 is 20.3 Å². The Kier molecular flexibility index (Phi) is 53.6. The molecule has 0 fully saturated rings. The van der Waals surface area contributed by atoms with Crippen molar-refractivity contribution in [1.82, 2.24) is 5.32 Å². The molecule has 66 heavy (non-hydrogen) atoms. The van der Waals surface area contributed by atoms with Crippen LogP contribution in [0.3, 0.4) is 0 Å². The fourth-order valence-electron chi connectivity index (χ4n) is 8.62. The van der Waals surface area contributed by atoms with Gasteiger partial charge in [-0.3, -0.25) is 9.59 Å². The minimum absolute atomic E-state index is 0.0239. The third-order valence-corrected chi connectivity index (χ3v) is 13.1. The second kappa shape index (κ2) is 55.4. The number of allylic oxidation sites excluding steroid dienone is 7. The number of hydrogen-bond acceptors (Lipinski definition) is 5. The molecule has 0 aliphatic heterocycles. The highest BCUT2D eigenvalue weighted by molar-refractivity contribution is 5.76. The lowest BCUT2D eigenvalue weighted by molar-refractivity contribution is -0.143. The number of hydrogen-bond donors (Lipinski definition) is 3. The number of unbranched alkanes of at least 4 members (excludes halogenated alkanes) is 37. The van der Waals surface area contributed by atoms with Gasteiger partial charge >= 0.3 is 5.97 Å². The van der Waals surface area contributed by atoms with Gasteiger partial charge in [-0.05, 0) is 89.9 Å². The van der Waals surface area contributed by atoms with Crippen molar-refractivity contribution in [3.8, 4) is 0 Å². The van der Waals surface area contributed by atoms with Crippen LogP contribution in [0.4, 0.5) is 0 Å². The molecule has 0 bridgehead atoms. The van der Waals surface area contributed by atoms with Gasteiger partial charge in [-0.25, -0.2) is 0 Å². The molecule has 6 nitrogen and oxygen atoms in total. The van der Waals surface area contributed by atoms with Gasteiger partial charge in [0.1, 0.15) is 0 Å². The first-order chi connectivity index (χ1) is 32.5. The number of carbonyl (C=O) groups excluding carboxylic acids is 2. The van der Waals surface area contributed by atoms with Crippen LogP contribution in [0, 0.1) is 0 Å². The molecule has 0 radical (unpaired) electrons. The SMILES string of the molecule is CCCCCC/C=C\CCCCCCCC(=O)OCCCCC/C=C\C=C/CCCCCCCCCCCCC(=O)NC(CO)C(O)/C=C/CCCCCCCCCCCCCCCCC. The van der Waals surface area contributed by atoms with E-state index in [9.17, 15) is 19.8 Å². The van der Waals surface area contributed by atoms with Crippen LogP contribution >= 0.6 is 0 Å². The molecule has 0 aromatic carbocycles. The number of ether oxygens (including phenoxy) is 1. The Bertz CT molecular complexity index is 1110. The maximum Gasteiger partial charge on any atom is 0.305 e. The second-order valence-corrected chi connectivity index (χ2v) is 19.6. The fraction of sp³-hybridized carbons (Fsp3) is 0.833. The van der Waals surface area contributed by atoms with E-state index in [0.717, 1.165) is 77.0 Å². The zero-order valence-corrected chi connectivity index (χ0v) is 43.9. The molecule has 0 aromatic heterocycles. The molecule has 2 atom stereocenters. The topological polar surface area (TPSA) is 95.9 Å². The van der Waals surface area contributed by atoms with Crippen molar-refractivity contribution in [3.63, 3.8) is 0 Å². The third kappa shape index (κ3) is 51.2. The minimum atomic E-state index is -0.852. The lowest BCUT2D eigenvalue weighted by atomic mass is 10.0. The maximum absolute atomic E-state index is 12.5. The van der Waals surface area contributed by atoms with Gasteiger partial charge in [0.05, 0.1) is 25.4 Å². The summed E-state index contributed by atoms with van der Waals surface area (Å²) in [5.41, 5.74) is 0. The lowest BCUT2D eigenvalue weighted by Crippen LogP contribution is -2.45. The van der Waals surface area contributed by atoms with E-state index in [1.807, 2.05) is 6.08 Å². The van der Waals surface area contributed by atoms with Gasteiger partial charge in [0.2, 0.25) is 5.91 Å². The summed E-state index contributed by atoms with van der Waals surface area (Å²) in [7, 11) is 0. The quantitative estimate of drug-likeness (QED) is 0.0244. The van der Waals surface area contributed by atoms with Crippen LogP contribution in [0.2, 0.25) is 0 Å². The van der Waals surface area contributed by atoms with Crippen molar-refractivity contribution in [1.29, 1.82) is 0 Å². The molecular formula is C60H111NO5. The zero-order valence-electron chi connectivity index (χ0n) is 43.9. The molecule has 0 aromatic rings. The largest absolute Gasteiger partial charge is 0.466 e. The van der Waals surface area contributed by atoms with Crippen molar-refractivity contribution in [2.45, 2.75) is 309 Å². The third-order valence-electron chi connectivity index (χ3n) is 13.1. The van der Waals surface area contributed by atoms with E-state index in [1.54, 1.807) is 6.08 Å². The highest BCUT2D eigenvalue weighted by atomic mass is 16.5. The van der Waals surface area contributed by atoms with E-state index in [-0.39, 0.29) is 18.5 Å². The van der Waals surface area contributed by atoms with E-state index in [1.165, 1.54) is 193 Å². The van der Waals surface area contributed by atoms with Crippen molar-refractivity contribution in [2.75, 3.05) is 13.2 Å². The van der Waals surface area contributed by atoms with Crippen LogP contribution in [0.1, 0.15) is 296 Å². The Morgan fingerprint density at radius 2 is 0.758 bits per heavy atom. The molecule has 3 N–H and O–H groups in total. The second-order valence-electron chi connectivity index (χ2n) is 19.6. The Labute approximate surface area is 410 Å². The highest BCUT2D eigenvalue weighted by Gasteiger charge is 2.18. The van der Waals surface area contributed by atoms with Crippen LogP contribution in [0.25, 0.3) is 0 Å². The highest BCUT2D eigenvalue weighted by Crippen LogP contribution is 2.16. The van der Waals surface area contributed by atoms with Crippen molar-refractivity contribution in [3.05, 3.63) is 48.6 Å². The monoisotopic (exact) mass is 926 g/mol. The number of rotatable bonds is 53. The van der Waals surface area contributed by atoms with Gasteiger partial charge in [-0.2, -0.15) is 0 Å². The summed E-state index contributed by atoms with van der Waals surface area (Å²) in [6.07, 6.45) is 69.9. The van der Waals surface area contributed by atoms with Crippen molar-refractivity contribution >= 4 is 11.9 Å². The van der Waals surface area contributed by atoms with Crippen LogP contribution in [-0.4, -0.2) is 47.4 Å². The summed E-state index contributed by atoms with van der Waals surface area (Å²) in [6.45, 7) is 4.85. The molecule has 1 amide bonds. The Morgan fingerprint density at radius 3 is 1.18 bits per heavy atom. The number of carbonyl (C=O) groups is 2. The predicted octanol–water partition coefficient (Wildman–Crippen LogP) is 17.8. The number of nitrogens with one attached hydrogen (secondary N) is 1. The Morgan fingerprint density at radius 1 is 0.424 bits per heavy atom. The van der Waals surface area contributed by atoms with Crippen molar-refractivity contribution < 1.29 is 24.5 Å². The number of esters is 1.